The van der Waals surface area contributed by atoms with Gasteiger partial charge in [0.2, 0.25) is 5.88 Å². The van der Waals surface area contributed by atoms with Gasteiger partial charge in [0.05, 0.1) is 11.6 Å². The summed E-state index contributed by atoms with van der Waals surface area (Å²) in [5.74, 6) is 2.64. The molecule has 0 saturated carbocycles. The van der Waals surface area contributed by atoms with E-state index in [2.05, 4.69) is 31.2 Å². The summed E-state index contributed by atoms with van der Waals surface area (Å²) in [4.78, 5) is 8.16. The van der Waals surface area contributed by atoms with Crippen LogP contribution >= 0.6 is 15.9 Å². The molecular formula is C13H14BrN3O2. The van der Waals surface area contributed by atoms with E-state index in [0.717, 1.165) is 22.6 Å². The van der Waals surface area contributed by atoms with Gasteiger partial charge in [0.25, 0.3) is 0 Å². The molecule has 1 heterocycles. The van der Waals surface area contributed by atoms with Gasteiger partial charge in [-0.2, -0.15) is 0 Å². The number of nitrogens with zero attached hydrogens (tertiary/aromatic N) is 2. The number of rotatable bonds is 5. The lowest BCUT2D eigenvalue weighted by Crippen LogP contribution is -2.00. The molecular weight excluding hydrogens is 310 g/mol. The first-order valence-electron chi connectivity index (χ1n) is 5.80. The molecule has 0 fully saturated rings. The maximum Gasteiger partial charge on any atom is 0.224 e. The van der Waals surface area contributed by atoms with E-state index in [9.17, 15) is 0 Å². The first-order valence-corrected chi connectivity index (χ1v) is 6.59. The van der Waals surface area contributed by atoms with Crippen LogP contribution < -0.4 is 14.8 Å². The Bertz CT molecular complexity index is 563. The summed E-state index contributed by atoms with van der Waals surface area (Å²) in [6.45, 7) is 2.80. The molecule has 1 N–H and O–H groups in total. The van der Waals surface area contributed by atoms with Gasteiger partial charge in [-0.1, -0.05) is 0 Å². The third-order valence-electron chi connectivity index (χ3n) is 2.35. The zero-order valence-electron chi connectivity index (χ0n) is 10.7. The van der Waals surface area contributed by atoms with Crippen molar-refractivity contribution in [3.05, 3.63) is 35.1 Å². The standard InChI is InChI=1S/C13H14BrN3O2/c1-3-15-12-7-13(17-8-16-12)19-11-5-4-9(18-2)6-10(11)14/h4-8H,3H2,1-2H3,(H,15,16,17). The van der Waals surface area contributed by atoms with Gasteiger partial charge in [0.15, 0.2) is 0 Å². The van der Waals surface area contributed by atoms with Gasteiger partial charge in [0, 0.05) is 12.6 Å². The van der Waals surface area contributed by atoms with E-state index in [-0.39, 0.29) is 0 Å². The lowest BCUT2D eigenvalue weighted by atomic mass is 10.3. The number of hydrogen-bond donors (Lipinski definition) is 1. The number of aromatic nitrogens is 2. The van der Waals surface area contributed by atoms with Gasteiger partial charge in [-0.15, -0.1) is 0 Å². The minimum atomic E-state index is 0.483. The average Bonchev–Trinajstić information content (AvgIpc) is 2.42. The van der Waals surface area contributed by atoms with E-state index in [4.69, 9.17) is 9.47 Å². The highest BCUT2D eigenvalue weighted by Gasteiger charge is 2.06. The van der Waals surface area contributed by atoms with E-state index in [0.29, 0.717) is 11.6 Å². The monoisotopic (exact) mass is 323 g/mol. The van der Waals surface area contributed by atoms with Gasteiger partial charge in [-0.3, -0.25) is 0 Å². The van der Waals surface area contributed by atoms with Crippen molar-refractivity contribution < 1.29 is 9.47 Å². The number of nitrogens with one attached hydrogen (secondary N) is 1. The number of benzene rings is 1. The maximum absolute atomic E-state index is 5.70. The number of hydrogen-bond acceptors (Lipinski definition) is 5. The minimum absolute atomic E-state index is 0.483. The summed E-state index contributed by atoms with van der Waals surface area (Å²) in [5.41, 5.74) is 0. The molecule has 0 radical (unpaired) electrons. The second kappa shape index (κ2) is 6.38. The fourth-order valence-corrected chi connectivity index (χ4v) is 1.92. The fourth-order valence-electron chi connectivity index (χ4n) is 1.48. The second-order valence-corrected chi connectivity index (χ2v) is 4.52. The van der Waals surface area contributed by atoms with E-state index in [1.54, 1.807) is 13.2 Å². The van der Waals surface area contributed by atoms with Crippen molar-refractivity contribution in [1.29, 1.82) is 0 Å². The van der Waals surface area contributed by atoms with Crippen molar-refractivity contribution in [2.75, 3.05) is 19.0 Å². The molecule has 0 aliphatic carbocycles. The third-order valence-corrected chi connectivity index (χ3v) is 2.97. The van der Waals surface area contributed by atoms with Gasteiger partial charge in [-0.05, 0) is 41.1 Å². The van der Waals surface area contributed by atoms with Crippen LogP contribution in [0.5, 0.6) is 17.4 Å². The van der Waals surface area contributed by atoms with Gasteiger partial charge < -0.3 is 14.8 Å². The molecule has 1 aromatic carbocycles. The van der Waals surface area contributed by atoms with Crippen molar-refractivity contribution in [1.82, 2.24) is 9.97 Å². The summed E-state index contributed by atoms with van der Waals surface area (Å²) in [6, 6.07) is 7.23. The first kappa shape index (κ1) is 13.6. The lowest BCUT2D eigenvalue weighted by Gasteiger charge is -2.09. The Hall–Kier alpha value is -1.82. The normalized spacial score (nSPS) is 10.1. The Morgan fingerprint density at radius 3 is 2.79 bits per heavy atom. The average molecular weight is 324 g/mol. The van der Waals surface area contributed by atoms with Crippen LogP contribution in [-0.2, 0) is 0 Å². The van der Waals surface area contributed by atoms with Crippen LogP contribution in [-0.4, -0.2) is 23.6 Å². The van der Waals surface area contributed by atoms with Crippen LogP contribution in [0.1, 0.15) is 6.92 Å². The van der Waals surface area contributed by atoms with Crippen molar-refractivity contribution in [3.63, 3.8) is 0 Å². The Labute approximate surface area is 120 Å². The molecule has 2 aromatic rings. The highest BCUT2D eigenvalue weighted by molar-refractivity contribution is 9.10. The second-order valence-electron chi connectivity index (χ2n) is 3.67. The largest absolute Gasteiger partial charge is 0.497 e. The number of methoxy groups -OCH3 is 1. The Morgan fingerprint density at radius 1 is 1.26 bits per heavy atom. The molecule has 5 nitrogen and oxygen atoms in total. The Kier molecular flexibility index (Phi) is 4.57. The van der Waals surface area contributed by atoms with Gasteiger partial charge in [0.1, 0.15) is 23.6 Å². The van der Waals surface area contributed by atoms with E-state index < -0.39 is 0 Å². The van der Waals surface area contributed by atoms with Crippen LogP contribution in [0.2, 0.25) is 0 Å². The molecule has 0 aliphatic rings. The maximum atomic E-state index is 5.70. The molecule has 0 aliphatic heterocycles. The van der Waals surface area contributed by atoms with E-state index in [1.165, 1.54) is 6.33 Å². The molecule has 0 atom stereocenters. The predicted molar refractivity (Wildman–Crippen MR) is 77.0 cm³/mol. The van der Waals surface area contributed by atoms with Crippen molar-refractivity contribution in [3.8, 4) is 17.4 Å². The van der Waals surface area contributed by atoms with Crippen LogP contribution in [0.4, 0.5) is 5.82 Å². The van der Waals surface area contributed by atoms with Crippen LogP contribution in [0.15, 0.2) is 35.1 Å². The quantitative estimate of drug-likeness (QED) is 0.913. The number of ether oxygens (including phenoxy) is 2. The molecule has 2 rings (SSSR count). The highest BCUT2D eigenvalue weighted by Crippen LogP contribution is 2.32. The van der Waals surface area contributed by atoms with E-state index in [1.807, 2.05) is 25.1 Å². The molecule has 19 heavy (non-hydrogen) atoms. The van der Waals surface area contributed by atoms with Crippen molar-refractivity contribution in [2.45, 2.75) is 6.92 Å². The summed E-state index contributed by atoms with van der Waals surface area (Å²) in [6.07, 6.45) is 1.46. The Balaban J connectivity index is 2.18. The van der Waals surface area contributed by atoms with Crippen LogP contribution in [0, 0.1) is 0 Å². The minimum Gasteiger partial charge on any atom is -0.497 e. The number of halogens is 1. The lowest BCUT2D eigenvalue weighted by molar-refractivity contribution is 0.411. The third kappa shape index (κ3) is 3.57. The molecule has 0 amide bonds. The fraction of sp³-hybridized carbons (Fsp3) is 0.231. The summed E-state index contributed by atoms with van der Waals surface area (Å²) < 4.78 is 11.6. The van der Waals surface area contributed by atoms with Gasteiger partial charge >= 0.3 is 0 Å². The van der Waals surface area contributed by atoms with E-state index >= 15 is 0 Å². The zero-order valence-corrected chi connectivity index (χ0v) is 12.3. The van der Waals surface area contributed by atoms with Crippen LogP contribution in [0.25, 0.3) is 0 Å². The molecule has 1 aromatic heterocycles. The first-order chi connectivity index (χ1) is 9.22. The van der Waals surface area contributed by atoms with Crippen LogP contribution in [0.3, 0.4) is 0 Å². The summed E-state index contributed by atoms with van der Waals surface area (Å²) in [5, 5.41) is 3.10. The topological polar surface area (TPSA) is 56.3 Å². The molecule has 100 valence electrons. The predicted octanol–water partition coefficient (Wildman–Crippen LogP) is 3.47. The SMILES string of the molecule is CCNc1cc(Oc2ccc(OC)cc2Br)ncn1. The summed E-state index contributed by atoms with van der Waals surface area (Å²) >= 11 is 3.43. The molecule has 0 saturated heterocycles. The van der Waals surface area contributed by atoms with Gasteiger partial charge in [-0.25, -0.2) is 9.97 Å². The van der Waals surface area contributed by atoms with Crippen molar-refractivity contribution >= 4 is 21.7 Å². The highest BCUT2D eigenvalue weighted by atomic mass is 79.9. The molecule has 0 bridgehead atoms. The van der Waals surface area contributed by atoms with Crippen molar-refractivity contribution in [2.24, 2.45) is 0 Å². The smallest absolute Gasteiger partial charge is 0.224 e. The number of anilines is 1. The Morgan fingerprint density at radius 2 is 2.11 bits per heavy atom. The molecule has 0 unspecified atom stereocenters. The summed E-state index contributed by atoms with van der Waals surface area (Å²) in [7, 11) is 1.62. The zero-order chi connectivity index (χ0) is 13.7. The molecule has 6 heteroatoms. The molecule has 0 spiro atoms.